The zero-order valence-corrected chi connectivity index (χ0v) is 11.2. The standard InChI is InChI=1S/C12H19ClN4/c1-16-7-4-10(5-8-16)9-17(2)11-3-6-14-12(13)15-11/h3,6,10H,4-5,7-9H2,1-2H3. The Morgan fingerprint density at radius 1 is 1.47 bits per heavy atom. The van der Waals surface area contributed by atoms with Gasteiger partial charge in [0.15, 0.2) is 0 Å². The van der Waals surface area contributed by atoms with E-state index in [-0.39, 0.29) is 0 Å². The van der Waals surface area contributed by atoms with Crippen LogP contribution in [-0.4, -0.2) is 48.6 Å². The van der Waals surface area contributed by atoms with Crippen molar-refractivity contribution in [3.63, 3.8) is 0 Å². The summed E-state index contributed by atoms with van der Waals surface area (Å²) in [6.07, 6.45) is 4.23. The predicted molar refractivity (Wildman–Crippen MR) is 70.5 cm³/mol. The van der Waals surface area contributed by atoms with E-state index >= 15 is 0 Å². The van der Waals surface area contributed by atoms with Gasteiger partial charge in [0.25, 0.3) is 0 Å². The number of anilines is 1. The van der Waals surface area contributed by atoms with Crippen molar-refractivity contribution < 1.29 is 0 Å². The Balaban J connectivity index is 1.90. The van der Waals surface area contributed by atoms with Gasteiger partial charge in [-0.1, -0.05) is 0 Å². The molecule has 0 aliphatic carbocycles. The first-order valence-electron chi connectivity index (χ1n) is 6.03. The number of piperidine rings is 1. The molecule has 0 bridgehead atoms. The molecule has 1 saturated heterocycles. The third-order valence-corrected chi connectivity index (χ3v) is 3.55. The van der Waals surface area contributed by atoms with E-state index in [0.717, 1.165) is 18.3 Å². The summed E-state index contributed by atoms with van der Waals surface area (Å²) in [6.45, 7) is 3.44. The second kappa shape index (κ2) is 5.65. The topological polar surface area (TPSA) is 32.3 Å². The predicted octanol–water partition coefficient (Wildman–Crippen LogP) is 1.91. The molecule has 0 spiro atoms. The van der Waals surface area contributed by atoms with Crippen LogP contribution in [0.3, 0.4) is 0 Å². The average molecular weight is 255 g/mol. The fourth-order valence-electron chi connectivity index (χ4n) is 2.26. The molecule has 0 aromatic carbocycles. The fraction of sp³-hybridized carbons (Fsp3) is 0.667. The fourth-order valence-corrected chi connectivity index (χ4v) is 2.41. The lowest BCUT2D eigenvalue weighted by Crippen LogP contribution is -2.36. The molecule has 0 atom stereocenters. The molecule has 2 rings (SSSR count). The lowest BCUT2D eigenvalue weighted by atomic mass is 9.97. The highest BCUT2D eigenvalue weighted by molar-refractivity contribution is 6.28. The van der Waals surface area contributed by atoms with Crippen LogP contribution in [0.2, 0.25) is 5.28 Å². The summed E-state index contributed by atoms with van der Waals surface area (Å²) in [5.74, 6) is 1.66. The van der Waals surface area contributed by atoms with E-state index in [1.165, 1.54) is 25.9 Å². The average Bonchev–Trinajstić information content (AvgIpc) is 2.32. The first-order valence-corrected chi connectivity index (χ1v) is 6.41. The zero-order chi connectivity index (χ0) is 12.3. The highest BCUT2D eigenvalue weighted by Gasteiger charge is 2.18. The summed E-state index contributed by atoms with van der Waals surface area (Å²) in [7, 11) is 4.25. The number of nitrogens with zero attached hydrogens (tertiary/aromatic N) is 4. The number of likely N-dealkylation sites (tertiary alicyclic amines) is 1. The quantitative estimate of drug-likeness (QED) is 0.772. The third kappa shape index (κ3) is 3.54. The molecule has 4 nitrogen and oxygen atoms in total. The van der Waals surface area contributed by atoms with Crippen molar-refractivity contribution in [2.75, 3.05) is 38.6 Å². The molecule has 2 heterocycles. The number of halogens is 1. The van der Waals surface area contributed by atoms with Gasteiger partial charge in [-0.2, -0.15) is 0 Å². The minimum Gasteiger partial charge on any atom is -0.359 e. The summed E-state index contributed by atoms with van der Waals surface area (Å²) in [5, 5.41) is 0.317. The van der Waals surface area contributed by atoms with Crippen molar-refractivity contribution >= 4 is 17.4 Å². The van der Waals surface area contributed by atoms with E-state index in [9.17, 15) is 0 Å². The van der Waals surface area contributed by atoms with Gasteiger partial charge >= 0.3 is 0 Å². The molecular weight excluding hydrogens is 236 g/mol. The van der Waals surface area contributed by atoms with Crippen molar-refractivity contribution in [1.82, 2.24) is 14.9 Å². The van der Waals surface area contributed by atoms with Gasteiger partial charge in [0, 0.05) is 19.8 Å². The van der Waals surface area contributed by atoms with E-state index in [0.29, 0.717) is 5.28 Å². The highest BCUT2D eigenvalue weighted by atomic mass is 35.5. The van der Waals surface area contributed by atoms with Crippen LogP contribution in [0.5, 0.6) is 0 Å². The number of hydrogen-bond acceptors (Lipinski definition) is 4. The van der Waals surface area contributed by atoms with Gasteiger partial charge in [0.1, 0.15) is 5.82 Å². The normalized spacial score (nSPS) is 18.3. The van der Waals surface area contributed by atoms with Crippen LogP contribution in [0.4, 0.5) is 5.82 Å². The maximum absolute atomic E-state index is 5.80. The van der Waals surface area contributed by atoms with Crippen molar-refractivity contribution in [3.05, 3.63) is 17.5 Å². The Bertz CT molecular complexity index is 363. The van der Waals surface area contributed by atoms with Crippen molar-refractivity contribution in [2.45, 2.75) is 12.8 Å². The van der Waals surface area contributed by atoms with Gasteiger partial charge in [0.05, 0.1) is 0 Å². The van der Waals surface area contributed by atoms with Crippen LogP contribution in [0.1, 0.15) is 12.8 Å². The van der Waals surface area contributed by atoms with Crippen molar-refractivity contribution in [3.8, 4) is 0 Å². The minimum atomic E-state index is 0.317. The van der Waals surface area contributed by atoms with Crippen LogP contribution in [0.25, 0.3) is 0 Å². The van der Waals surface area contributed by atoms with Crippen LogP contribution in [-0.2, 0) is 0 Å². The van der Waals surface area contributed by atoms with Crippen LogP contribution >= 0.6 is 11.6 Å². The van der Waals surface area contributed by atoms with Gasteiger partial charge in [-0.05, 0) is 56.6 Å². The molecule has 1 aliphatic rings. The smallest absolute Gasteiger partial charge is 0.224 e. The summed E-state index contributed by atoms with van der Waals surface area (Å²) in [4.78, 5) is 12.7. The van der Waals surface area contributed by atoms with Gasteiger partial charge in [0.2, 0.25) is 5.28 Å². The van der Waals surface area contributed by atoms with Gasteiger partial charge in [-0.25, -0.2) is 9.97 Å². The van der Waals surface area contributed by atoms with Crippen molar-refractivity contribution in [1.29, 1.82) is 0 Å². The van der Waals surface area contributed by atoms with Crippen LogP contribution < -0.4 is 4.90 Å². The van der Waals surface area contributed by atoms with E-state index < -0.39 is 0 Å². The second-order valence-electron chi connectivity index (χ2n) is 4.81. The number of rotatable bonds is 3. The van der Waals surface area contributed by atoms with E-state index in [1.54, 1.807) is 6.20 Å². The zero-order valence-electron chi connectivity index (χ0n) is 10.4. The molecule has 0 radical (unpaired) electrons. The van der Waals surface area contributed by atoms with Crippen LogP contribution in [0, 0.1) is 5.92 Å². The minimum absolute atomic E-state index is 0.317. The molecule has 0 N–H and O–H groups in total. The summed E-state index contributed by atoms with van der Waals surface area (Å²) in [6, 6.07) is 1.90. The van der Waals surface area contributed by atoms with Gasteiger partial charge in [-0.15, -0.1) is 0 Å². The van der Waals surface area contributed by atoms with E-state index in [2.05, 4.69) is 33.9 Å². The molecule has 1 aromatic heterocycles. The maximum Gasteiger partial charge on any atom is 0.224 e. The first kappa shape index (κ1) is 12.6. The molecule has 1 aromatic rings. The number of aromatic nitrogens is 2. The van der Waals surface area contributed by atoms with E-state index in [1.807, 2.05) is 6.07 Å². The molecule has 5 heteroatoms. The molecule has 0 unspecified atom stereocenters. The monoisotopic (exact) mass is 254 g/mol. The Kier molecular flexibility index (Phi) is 4.18. The second-order valence-corrected chi connectivity index (χ2v) is 5.15. The Morgan fingerprint density at radius 3 is 2.82 bits per heavy atom. The molecule has 17 heavy (non-hydrogen) atoms. The molecule has 1 fully saturated rings. The van der Waals surface area contributed by atoms with E-state index in [4.69, 9.17) is 11.6 Å². The van der Waals surface area contributed by atoms with Gasteiger partial charge < -0.3 is 9.80 Å². The SMILES string of the molecule is CN1CCC(CN(C)c2ccnc(Cl)n2)CC1. The summed E-state index contributed by atoms with van der Waals surface area (Å²) < 4.78 is 0. The van der Waals surface area contributed by atoms with Crippen LogP contribution in [0.15, 0.2) is 12.3 Å². The lowest BCUT2D eigenvalue weighted by Gasteiger charge is -2.32. The molecule has 94 valence electrons. The Hall–Kier alpha value is -0.870. The molecule has 1 aliphatic heterocycles. The van der Waals surface area contributed by atoms with Gasteiger partial charge in [-0.3, -0.25) is 0 Å². The molecular formula is C12H19ClN4. The highest BCUT2D eigenvalue weighted by Crippen LogP contribution is 2.19. The maximum atomic E-state index is 5.80. The number of hydrogen-bond donors (Lipinski definition) is 0. The first-order chi connectivity index (χ1) is 8.15. The van der Waals surface area contributed by atoms with Crippen molar-refractivity contribution in [2.24, 2.45) is 5.92 Å². The Morgan fingerprint density at radius 2 is 2.18 bits per heavy atom. The molecule has 0 saturated carbocycles. The lowest BCUT2D eigenvalue weighted by molar-refractivity contribution is 0.222. The summed E-state index contributed by atoms with van der Waals surface area (Å²) >= 11 is 5.80. The largest absolute Gasteiger partial charge is 0.359 e. The molecule has 0 amide bonds. The third-order valence-electron chi connectivity index (χ3n) is 3.37. The Labute approximate surface area is 108 Å². The summed E-state index contributed by atoms with van der Waals surface area (Å²) in [5.41, 5.74) is 0.